The van der Waals surface area contributed by atoms with Crippen molar-refractivity contribution in [3.8, 4) is 11.8 Å². The zero-order valence-corrected chi connectivity index (χ0v) is 8.22. The van der Waals surface area contributed by atoms with Gasteiger partial charge in [0.1, 0.15) is 0 Å². The summed E-state index contributed by atoms with van der Waals surface area (Å²) in [5.41, 5.74) is 12.4. The lowest BCUT2D eigenvalue weighted by atomic mass is 10.1. The van der Waals surface area contributed by atoms with Gasteiger partial charge in [-0.15, -0.1) is 13.2 Å². The van der Waals surface area contributed by atoms with Gasteiger partial charge in [-0.05, 0) is 19.8 Å². The Morgan fingerprint density at radius 3 is 2.38 bits per heavy atom. The van der Waals surface area contributed by atoms with Crippen molar-refractivity contribution in [2.45, 2.75) is 31.8 Å². The van der Waals surface area contributed by atoms with Gasteiger partial charge in [-0.2, -0.15) is 0 Å². The Bertz CT molecular complexity index is 232. The van der Waals surface area contributed by atoms with Crippen LogP contribution in [-0.4, -0.2) is 12.1 Å². The Morgan fingerprint density at radius 2 is 1.92 bits per heavy atom. The Morgan fingerprint density at radius 1 is 1.38 bits per heavy atom. The molecule has 0 saturated heterocycles. The van der Waals surface area contributed by atoms with Crippen LogP contribution < -0.4 is 11.5 Å². The van der Waals surface area contributed by atoms with Crippen LogP contribution in [0.15, 0.2) is 24.8 Å². The first kappa shape index (κ1) is 12.0. The van der Waals surface area contributed by atoms with Crippen LogP contribution in [-0.2, 0) is 0 Å². The minimum Gasteiger partial charge on any atom is -0.317 e. The fourth-order valence-corrected chi connectivity index (χ4v) is 0.879. The number of nitrogens with two attached hydrogens (primary N) is 2. The van der Waals surface area contributed by atoms with Gasteiger partial charge < -0.3 is 11.5 Å². The molecule has 4 N–H and O–H groups in total. The Hall–Kier alpha value is -1.04. The van der Waals surface area contributed by atoms with Gasteiger partial charge in [0.25, 0.3) is 0 Å². The first-order valence-corrected chi connectivity index (χ1v) is 4.33. The fourth-order valence-electron chi connectivity index (χ4n) is 0.879. The van der Waals surface area contributed by atoms with E-state index in [0.29, 0.717) is 6.42 Å². The van der Waals surface area contributed by atoms with E-state index < -0.39 is 0 Å². The minimum atomic E-state index is -0.145. The summed E-state index contributed by atoms with van der Waals surface area (Å²) in [6.45, 7) is 9.28. The second-order valence-corrected chi connectivity index (χ2v) is 3.19. The van der Waals surface area contributed by atoms with Crippen molar-refractivity contribution in [2.24, 2.45) is 11.5 Å². The Kier molecular flexibility index (Phi) is 5.96. The van der Waals surface area contributed by atoms with Gasteiger partial charge in [0.05, 0.1) is 12.1 Å². The molecule has 0 aliphatic carbocycles. The summed E-state index contributed by atoms with van der Waals surface area (Å²) in [4.78, 5) is 0. The van der Waals surface area contributed by atoms with Gasteiger partial charge in [-0.3, -0.25) is 0 Å². The van der Waals surface area contributed by atoms with Crippen LogP contribution >= 0.6 is 0 Å². The van der Waals surface area contributed by atoms with Crippen molar-refractivity contribution in [1.29, 1.82) is 0 Å². The van der Waals surface area contributed by atoms with Crippen LogP contribution in [0.3, 0.4) is 0 Å². The molecule has 2 atom stereocenters. The third kappa shape index (κ3) is 7.32. The molecule has 13 heavy (non-hydrogen) atoms. The molecule has 0 heterocycles. The van der Waals surface area contributed by atoms with Gasteiger partial charge in [-0.25, -0.2) is 0 Å². The zero-order valence-electron chi connectivity index (χ0n) is 8.22. The molecule has 0 rings (SSSR count). The summed E-state index contributed by atoms with van der Waals surface area (Å²) in [7, 11) is 0. The highest BCUT2D eigenvalue weighted by Gasteiger charge is 1.97. The van der Waals surface area contributed by atoms with E-state index in [-0.39, 0.29) is 12.1 Å². The molecule has 0 fully saturated rings. The Balaban J connectivity index is 3.92. The van der Waals surface area contributed by atoms with E-state index in [1.165, 1.54) is 0 Å². The average molecular weight is 178 g/mol. The van der Waals surface area contributed by atoms with Crippen molar-refractivity contribution in [1.82, 2.24) is 0 Å². The van der Waals surface area contributed by atoms with E-state index in [4.69, 9.17) is 11.5 Å². The predicted molar refractivity (Wildman–Crippen MR) is 58.0 cm³/mol. The number of rotatable bonds is 4. The first-order valence-electron chi connectivity index (χ1n) is 4.33. The van der Waals surface area contributed by atoms with Gasteiger partial charge in [0.2, 0.25) is 0 Å². The molecular formula is C11H18N2. The largest absolute Gasteiger partial charge is 0.317 e. The standard InChI is InChI=1S/C11H18N2/c1-4-5-10(12)6-7-11(13)8-9(2)3/h4,10-11H,1-2,5,8,12-13H2,3H3. The molecule has 0 bridgehead atoms. The quantitative estimate of drug-likeness (QED) is 0.502. The van der Waals surface area contributed by atoms with Crippen molar-refractivity contribution >= 4 is 0 Å². The maximum Gasteiger partial charge on any atom is 0.0702 e. The fraction of sp³-hybridized carbons (Fsp3) is 0.455. The van der Waals surface area contributed by atoms with Gasteiger partial charge >= 0.3 is 0 Å². The van der Waals surface area contributed by atoms with Crippen LogP contribution in [0.2, 0.25) is 0 Å². The molecule has 0 aromatic carbocycles. The van der Waals surface area contributed by atoms with E-state index in [2.05, 4.69) is 25.0 Å². The molecular weight excluding hydrogens is 160 g/mol. The van der Waals surface area contributed by atoms with Crippen molar-refractivity contribution < 1.29 is 0 Å². The maximum atomic E-state index is 5.70. The monoisotopic (exact) mass is 178 g/mol. The SMILES string of the molecule is C=CCC(N)C#CC(N)CC(=C)C. The molecule has 2 heteroatoms. The van der Waals surface area contributed by atoms with E-state index in [1.54, 1.807) is 6.08 Å². The average Bonchev–Trinajstić information content (AvgIpc) is 2.00. The summed E-state index contributed by atoms with van der Waals surface area (Å²) in [6.07, 6.45) is 3.18. The second-order valence-electron chi connectivity index (χ2n) is 3.19. The predicted octanol–water partition coefficient (Wildman–Crippen LogP) is 1.19. The van der Waals surface area contributed by atoms with Gasteiger partial charge in [0.15, 0.2) is 0 Å². The molecule has 0 spiro atoms. The van der Waals surface area contributed by atoms with Gasteiger partial charge in [0, 0.05) is 0 Å². The lowest BCUT2D eigenvalue weighted by Crippen LogP contribution is -2.21. The second kappa shape index (κ2) is 6.47. The van der Waals surface area contributed by atoms with Crippen LogP contribution in [0, 0.1) is 11.8 Å². The van der Waals surface area contributed by atoms with Crippen molar-refractivity contribution in [3.63, 3.8) is 0 Å². The number of hydrogen-bond donors (Lipinski definition) is 2. The summed E-state index contributed by atoms with van der Waals surface area (Å²) in [5, 5.41) is 0. The van der Waals surface area contributed by atoms with Crippen molar-refractivity contribution in [2.75, 3.05) is 0 Å². The lowest BCUT2D eigenvalue weighted by Gasteiger charge is -2.03. The summed E-state index contributed by atoms with van der Waals surface area (Å²) < 4.78 is 0. The van der Waals surface area contributed by atoms with Crippen LogP contribution in [0.4, 0.5) is 0 Å². The molecule has 0 aromatic rings. The van der Waals surface area contributed by atoms with Crippen molar-refractivity contribution in [3.05, 3.63) is 24.8 Å². The molecule has 0 amide bonds. The normalized spacial score (nSPS) is 13.8. The van der Waals surface area contributed by atoms with E-state index in [9.17, 15) is 0 Å². The maximum absolute atomic E-state index is 5.70. The highest BCUT2D eigenvalue weighted by atomic mass is 14.6. The lowest BCUT2D eigenvalue weighted by molar-refractivity contribution is 0.815. The first-order chi connectivity index (χ1) is 6.06. The number of hydrogen-bond acceptors (Lipinski definition) is 2. The summed E-state index contributed by atoms with van der Waals surface area (Å²) >= 11 is 0. The zero-order chi connectivity index (χ0) is 10.3. The highest BCUT2D eigenvalue weighted by molar-refractivity contribution is 5.15. The van der Waals surface area contributed by atoms with E-state index in [0.717, 1.165) is 12.0 Å². The Labute approximate surface area is 80.7 Å². The summed E-state index contributed by atoms with van der Waals surface area (Å²) in [6, 6.07) is -0.290. The molecule has 0 aromatic heterocycles. The topological polar surface area (TPSA) is 52.0 Å². The van der Waals surface area contributed by atoms with Gasteiger partial charge in [-0.1, -0.05) is 23.5 Å². The molecule has 0 aliphatic rings. The van der Waals surface area contributed by atoms with E-state index in [1.807, 2.05) is 6.92 Å². The van der Waals surface area contributed by atoms with E-state index >= 15 is 0 Å². The highest BCUT2D eigenvalue weighted by Crippen LogP contribution is 1.98. The molecule has 0 aliphatic heterocycles. The molecule has 72 valence electrons. The molecule has 0 saturated carbocycles. The van der Waals surface area contributed by atoms with Crippen LogP contribution in [0.5, 0.6) is 0 Å². The third-order valence-electron chi connectivity index (χ3n) is 1.44. The molecule has 2 nitrogen and oxygen atoms in total. The molecule has 2 unspecified atom stereocenters. The third-order valence-corrected chi connectivity index (χ3v) is 1.44. The molecule has 0 radical (unpaired) electrons. The van der Waals surface area contributed by atoms with Crippen LogP contribution in [0.25, 0.3) is 0 Å². The minimum absolute atomic E-state index is 0.145. The smallest absolute Gasteiger partial charge is 0.0702 e. The summed E-state index contributed by atoms with van der Waals surface area (Å²) in [5.74, 6) is 5.77. The van der Waals surface area contributed by atoms with Crippen LogP contribution in [0.1, 0.15) is 19.8 Å².